The summed E-state index contributed by atoms with van der Waals surface area (Å²) in [6.45, 7) is 6.54. The lowest BCUT2D eigenvalue weighted by Gasteiger charge is -2.39. The molecule has 2 heterocycles. The average molecular weight is 553 g/mol. The van der Waals surface area contributed by atoms with Gasteiger partial charge < -0.3 is 4.81 Å². The highest BCUT2D eigenvalue weighted by Gasteiger charge is 2.38. The third-order valence-corrected chi connectivity index (χ3v) is 9.86. The van der Waals surface area contributed by atoms with E-state index < -0.39 is 0 Å². The number of benzene rings is 4. The van der Waals surface area contributed by atoms with Crippen LogP contribution in [-0.2, 0) is 5.41 Å². The van der Waals surface area contributed by atoms with Gasteiger partial charge in [-0.15, -0.1) is 20.6 Å². The van der Waals surface area contributed by atoms with Crippen LogP contribution in [0, 0.1) is 6.92 Å². The lowest BCUT2D eigenvalue weighted by Crippen LogP contribution is -2.30. The summed E-state index contributed by atoms with van der Waals surface area (Å²) in [6.07, 6.45) is 1.74. The fourth-order valence-corrected chi connectivity index (χ4v) is 7.83. The van der Waals surface area contributed by atoms with Crippen molar-refractivity contribution in [1.82, 2.24) is 0 Å². The van der Waals surface area contributed by atoms with Crippen LogP contribution in [0.15, 0.2) is 84.4 Å². The van der Waals surface area contributed by atoms with Gasteiger partial charge in [0.25, 0.3) is 0 Å². The van der Waals surface area contributed by atoms with Gasteiger partial charge in [0.2, 0.25) is 7.98 Å². The number of allylic oxidation sites excluding steroid dienone is 1. The van der Waals surface area contributed by atoms with Crippen molar-refractivity contribution in [1.29, 1.82) is 0 Å². The number of carbonyl (C=O) groups excluding carboxylic acids is 2. The third-order valence-electron chi connectivity index (χ3n) is 8.30. The van der Waals surface area contributed by atoms with Crippen LogP contribution in [0.4, 0.5) is 10.7 Å². The molecule has 0 saturated carbocycles. The van der Waals surface area contributed by atoms with E-state index >= 15 is 0 Å². The molecule has 0 fully saturated rings. The predicted molar refractivity (Wildman–Crippen MR) is 171 cm³/mol. The van der Waals surface area contributed by atoms with E-state index in [4.69, 9.17) is 7.98 Å². The molecule has 4 aromatic carbocycles. The normalized spacial score (nSPS) is 15.3. The summed E-state index contributed by atoms with van der Waals surface area (Å²) < 4.78 is 0. The number of Topliss-reactive ketones (excluding diaryl/α,β-unsaturated/α-hetero) is 2. The molecule has 0 saturated heterocycles. The molecule has 1 unspecified atom stereocenters. The van der Waals surface area contributed by atoms with Crippen LogP contribution in [-0.4, -0.2) is 19.5 Å². The van der Waals surface area contributed by atoms with Gasteiger partial charge in [-0.3, -0.25) is 9.59 Å². The standard InChI is InChI=1S/C34H25BNO2PS/c1-18-7-6-10-29(39)30(18)21-11-12-28-26(15-21)34(2,3)27-17-22(40-33(27)36(28)35)16-25-31(37)23-13-19-8-4-5-9-20(19)14-24(23)32(25)38/h4-17H,39H2,1-3H3. The molecule has 0 N–H and O–H groups in total. The summed E-state index contributed by atoms with van der Waals surface area (Å²) in [5, 5.41) is 3.98. The van der Waals surface area contributed by atoms with E-state index in [2.05, 4.69) is 72.5 Å². The SMILES string of the molecule is [B]N1c2ccc(-c3c(C)cccc3P)cc2C(C)(C)c2cc(C=C3C(=O)c4cc5ccccc5cc4C3=O)sc21. The van der Waals surface area contributed by atoms with Gasteiger partial charge in [0.15, 0.2) is 11.6 Å². The van der Waals surface area contributed by atoms with Crippen LogP contribution < -0.4 is 10.1 Å². The Balaban J connectivity index is 1.31. The molecular weight excluding hydrogens is 528 g/mol. The minimum Gasteiger partial charge on any atom is -0.389 e. The fourth-order valence-electron chi connectivity index (χ4n) is 6.12. The Kier molecular flexibility index (Phi) is 5.58. The van der Waals surface area contributed by atoms with Crippen molar-refractivity contribution in [3.63, 3.8) is 0 Å². The second-order valence-corrected chi connectivity index (χ2v) is 12.8. The molecule has 0 bridgehead atoms. The molecular formula is C34H25BNO2PS. The topological polar surface area (TPSA) is 37.4 Å². The fraction of sp³-hybridized carbons (Fsp3) is 0.118. The van der Waals surface area contributed by atoms with Crippen molar-refractivity contribution in [2.75, 3.05) is 4.81 Å². The van der Waals surface area contributed by atoms with Crippen LogP contribution in [0.3, 0.4) is 0 Å². The number of hydrogen-bond donors (Lipinski definition) is 0. The maximum absolute atomic E-state index is 13.4. The largest absolute Gasteiger partial charge is 0.389 e. The highest BCUT2D eigenvalue weighted by atomic mass is 32.1. The van der Waals surface area contributed by atoms with E-state index in [1.807, 2.05) is 36.4 Å². The van der Waals surface area contributed by atoms with Crippen molar-refractivity contribution in [3.8, 4) is 11.1 Å². The lowest BCUT2D eigenvalue weighted by molar-refractivity contribution is 0.0990. The van der Waals surface area contributed by atoms with Gasteiger partial charge in [-0.05, 0) is 87.2 Å². The van der Waals surface area contributed by atoms with Gasteiger partial charge in [0.05, 0.1) is 10.6 Å². The van der Waals surface area contributed by atoms with Crippen LogP contribution in [0.25, 0.3) is 28.0 Å². The molecule has 40 heavy (non-hydrogen) atoms. The number of hydrogen-bond acceptors (Lipinski definition) is 4. The number of anilines is 2. The highest BCUT2D eigenvalue weighted by molar-refractivity contribution is 7.28. The zero-order chi connectivity index (χ0) is 27.9. The monoisotopic (exact) mass is 553 g/mol. The lowest BCUT2D eigenvalue weighted by atomic mass is 9.74. The maximum atomic E-state index is 13.4. The van der Waals surface area contributed by atoms with E-state index in [0.717, 1.165) is 48.3 Å². The zero-order valence-corrected chi connectivity index (χ0v) is 24.4. The van der Waals surface area contributed by atoms with Crippen molar-refractivity contribution in [3.05, 3.63) is 117 Å². The van der Waals surface area contributed by atoms with Crippen molar-refractivity contribution >= 4 is 73.0 Å². The van der Waals surface area contributed by atoms with E-state index in [0.29, 0.717) is 11.1 Å². The number of fused-ring (bicyclic) bond motifs is 4. The van der Waals surface area contributed by atoms with Gasteiger partial charge in [-0.25, -0.2) is 0 Å². The molecule has 192 valence electrons. The Bertz CT molecular complexity index is 1890. The van der Waals surface area contributed by atoms with Gasteiger partial charge in [-0.1, -0.05) is 62.4 Å². The summed E-state index contributed by atoms with van der Waals surface area (Å²) >= 11 is 1.50. The number of nitrogens with zero attached hydrogens (tertiary/aromatic N) is 1. The van der Waals surface area contributed by atoms with Crippen molar-refractivity contribution in [2.45, 2.75) is 26.2 Å². The summed E-state index contributed by atoms with van der Waals surface area (Å²) in [4.78, 5) is 29.3. The second kappa shape index (κ2) is 8.86. The molecule has 0 amide bonds. The Morgan fingerprint density at radius 1 is 0.850 bits per heavy atom. The molecule has 1 atom stereocenters. The molecule has 5 aromatic rings. The summed E-state index contributed by atoms with van der Waals surface area (Å²) in [6, 6.07) is 26.3. The molecule has 0 spiro atoms. The maximum Gasteiger partial charge on any atom is 0.235 e. The molecule has 7 rings (SSSR count). The van der Waals surface area contributed by atoms with Gasteiger partial charge in [-0.2, -0.15) is 0 Å². The Morgan fingerprint density at radius 2 is 1.52 bits per heavy atom. The van der Waals surface area contributed by atoms with Crippen LogP contribution in [0.1, 0.15) is 56.1 Å². The Morgan fingerprint density at radius 3 is 2.17 bits per heavy atom. The quantitative estimate of drug-likeness (QED) is 0.0973. The third kappa shape index (κ3) is 3.61. The molecule has 6 heteroatoms. The van der Waals surface area contributed by atoms with Crippen LogP contribution in [0.5, 0.6) is 0 Å². The molecule has 2 radical (unpaired) electrons. The van der Waals surface area contributed by atoms with E-state index in [1.54, 1.807) is 10.9 Å². The van der Waals surface area contributed by atoms with E-state index in [9.17, 15) is 9.59 Å². The first-order valence-electron chi connectivity index (χ1n) is 13.2. The number of aryl methyl sites for hydroxylation is 1. The average Bonchev–Trinajstić information content (AvgIpc) is 3.47. The predicted octanol–water partition coefficient (Wildman–Crippen LogP) is 7.70. The van der Waals surface area contributed by atoms with Crippen molar-refractivity contribution < 1.29 is 9.59 Å². The molecule has 1 aliphatic heterocycles. The molecule has 3 nitrogen and oxygen atoms in total. The first kappa shape index (κ1) is 25.2. The van der Waals surface area contributed by atoms with Gasteiger partial charge in [0, 0.05) is 27.1 Å². The Labute approximate surface area is 241 Å². The smallest absolute Gasteiger partial charge is 0.235 e. The molecule has 1 aromatic heterocycles. The summed E-state index contributed by atoms with van der Waals surface area (Å²) in [7, 11) is 9.56. The highest BCUT2D eigenvalue weighted by Crippen LogP contribution is 2.52. The molecule has 2 aliphatic rings. The minimum absolute atomic E-state index is 0.206. The second-order valence-electron chi connectivity index (χ2n) is 11.1. The summed E-state index contributed by atoms with van der Waals surface area (Å²) in [5.41, 5.74) is 7.56. The zero-order valence-electron chi connectivity index (χ0n) is 22.4. The van der Waals surface area contributed by atoms with E-state index in [-0.39, 0.29) is 22.6 Å². The number of carbonyl (C=O) groups is 2. The van der Waals surface area contributed by atoms with Crippen LogP contribution >= 0.6 is 20.6 Å². The van der Waals surface area contributed by atoms with Gasteiger partial charge >= 0.3 is 0 Å². The summed E-state index contributed by atoms with van der Waals surface area (Å²) in [5.74, 6) is -0.444. The number of rotatable bonds is 2. The number of ketones is 2. The first-order chi connectivity index (χ1) is 19.1. The van der Waals surface area contributed by atoms with E-state index in [1.165, 1.54) is 22.5 Å². The first-order valence-corrected chi connectivity index (χ1v) is 14.6. The Hall–Kier alpha value is -3.79. The molecule has 1 aliphatic carbocycles. The van der Waals surface area contributed by atoms with Gasteiger partial charge in [0.1, 0.15) is 0 Å². The van der Waals surface area contributed by atoms with Crippen LogP contribution in [0.2, 0.25) is 0 Å². The number of thiophene rings is 1. The van der Waals surface area contributed by atoms with Crippen molar-refractivity contribution in [2.24, 2.45) is 0 Å². The minimum atomic E-state index is -0.335.